The van der Waals surface area contributed by atoms with Gasteiger partial charge in [-0.05, 0) is 18.6 Å². The lowest BCUT2D eigenvalue weighted by Crippen LogP contribution is -2.24. The van der Waals surface area contributed by atoms with Crippen molar-refractivity contribution in [2.45, 2.75) is 18.4 Å². The maximum absolute atomic E-state index is 12.0. The van der Waals surface area contributed by atoms with Crippen LogP contribution >= 0.6 is 0 Å². The Morgan fingerprint density at radius 1 is 1.35 bits per heavy atom. The second-order valence-electron chi connectivity index (χ2n) is 3.42. The number of hydrogen-bond acceptors (Lipinski definition) is 5. The summed E-state index contributed by atoms with van der Waals surface area (Å²) < 4.78 is 26.3. The van der Waals surface area contributed by atoms with Crippen LogP contribution in [0.25, 0.3) is 0 Å². The molecule has 17 heavy (non-hydrogen) atoms. The zero-order valence-electron chi connectivity index (χ0n) is 9.08. The predicted octanol–water partition coefficient (Wildman–Crippen LogP) is -0.0134. The lowest BCUT2D eigenvalue weighted by atomic mass is 10.2. The number of nitrogens with one attached hydrogen (secondary N) is 2. The molecule has 0 aliphatic heterocycles. The molecule has 0 spiro atoms. The largest absolute Gasteiger partial charge is 0.241 e. The van der Waals surface area contributed by atoms with Crippen molar-refractivity contribution in [3.05, 3.63) is 35.7 Å². The minimum atomic E-state index is -3.54. The zero-order valence-corrected chi connectivity index (χ0v) is 9.90. The van der Waals surface area contributed by atoms with Crippen molar-refractivity contribution in [1.82, 2.24) is 25.3 Å². The molecule has 0 aliphatic rings. The van der Waals surface area contributed by atoms with Gasteiger partial charge < -0.3 is 0 Å². The van der Waals surface area contributed by atoms with Gasteiger partial charge in [0.05, 0.1) is 11.4 Å². The summed E-state index contributed by atoms with van der Waals surface area (Å²) in [5.41, 5.74) is 0.688. The normalized spacial score (nSPS) is 11.6. The first-order valence-corrected chi connectivity index (χ1v) is 6.35. The molecule has 2 rings (SSSR count). The predicted molar refractivity (Wildman–Crippen MR) is 59.4 cm³/mol. The second kappa shape index (κ2) is 4.60. The third kappa shape index (κ3) is 2.66. The van der Waals surface area contributed by atoms with Crippen molar-refractivity contribution in [1.29, 1.82) is 0 Å². The molecule has 0 unspecified atom stereocenters. The Balaban J connectivity index is 2.17. The van der Waals surface area contributed by atoms with E-state index in [9.17, 15) is 8.42 Å². The Morgan fingerprint density at radius 3 is 2.76 bits per heavy atom. The van der Waals surface area contributed by atoms with Crippen molar-refractivity contribution < 1.29 is 8.42 Å². The fourth-order valence-electron chi connectivity index (χ4n) is 1.35. The third-order valence-electron chi connectivity index (χ3n) is 2.19. The van der Waals surface area contributed by atoms with Crippen molar-refractivity contribution in [2.75, 3.05) is 0 Å². The number of aryl methyl sites for hydroxylation is 1. The van der Waals surface area contributed by atoms with E-state index in [1.165, 1.54) is 0 Å². The molecule has 0 amide bonds. The van der Waals surface area contributed by atoms with Gasteiger partial charge in [-0.2, -0.15) is 5.21 Å². The van der Waals surface area contributed by atoms with E-state index in [1.807, 2.05) is 0 Å². The van der Waals surface area contributed by atoms with E-state index < -0.39 is 10.0 Å². The Hall–Kier alpha value is -1.80. The highest BCUT2D eigenvalue weighted by molar-refractivity contribution is 7.89. The number of tetrazole rings is 1. The zero-order chi connectivity index (χ0) is 12.3. The van der Waals surface area contributed by atoms with Crippen LogP contribution in [0.1, 0.15) is 11.4 Å². The highest BCUT2D eigenvalue weighted by Gasteiger charge is 2.16. The van der Waals surface area contributed by atoms with Crippen molar-refractivity contribution in [3.63, 3.8) is 0 Å². The third-order valence-corrected chi connectivity index (χ3v) is 3.75. The van der Waals surface area contributed by atoms with E-state index in [0.29, 0.717) is 11.4 Å². The van der Waals surface area contributed by atoms with Crippen LogP contribution in [-0.2, 0) is 16.6 Å². The molecule has 1 heterocycles. The highest BCUT2D eigenvalue weighted by atomic mass is 32.2. The Labute approximate surface area is 98.3 Å². The van der Waals surface area contributed by atoms with Gasteiger partial charge in [0, 0.05) is 0 Å². The smallest absolute Gasteiger partial charge is 0.207 e. The monoisotopic (exact) mass is 253 g/mol. The fraction of sp³-hybridized carbons (Fsp3) is 0.222. The van der Waals surface area contributed by atoms with Crippen LogP contribution in [0.3, 0.4) is 0 Å². The van der Waals surface area contributed by atoms with E-state index in [0.717, 1.165) is 0 Å². The van der Waals surface area contributed by atoms with Crippen LogP contribution in [0, 0.1) is 6.92 Å². The molecule has 0 aliphatic carbocycles. The summed E-state index contributed by atoms with van der Waals surface area (Å²) in [6, 6.07) is 6.75. The number of H-pyrrole nitrogens is 1. The summed E-state index contributed by atoms with van der Waals surface area (Å²) in [7, 11) is -3.54. The van der Waals surface area contributed by atoms with Crippen LogP contribution < -0.4 is 4.72 Å². The SMILES string of the molecule is Cc1ccccc1S(=O)(=O)NCc1nn[nH]n1. The minimum absolute atomic E-state index is 0.00711. The molecule has 0 fully saturated rings. The number of aromatic nitrogens is 4. The van der Waals surface area contributed by atoms with E-state index >= 15 is 0 Å². The maximum atomic E-state index is 12.0. The quantitative estimate of drug-likeness (QED) is 0.798. The van der Waals surface area contributed by atoms with Gasteiger partial charge in [0.2, 0.25) is 10.0 Å². The summed E-state index contributed by atoms with van der Waals surface area (Å²) >= 11 is 0. The molecule has 2 aromatic rings. The van der Waals surface area contributed by atoms with Crippen LogP contribution in [0.15, 0.2) is 29.2 Å². The first kappa shape index (κ1) is 11.7. The van der Waals surface area contributed by atoms with Crippen LogP contribution in [0.5, 0.6) is 0 Å². The number of rotatable bonds is 4. The molecular weight excluding hydrogens is 242 g/mol. The van der Waals surface area contributed by atoms with Crippen molar-refractivity contribution in [3.8, 4) is 0 Å². The van der Waals surface area contributed by atoms with Crippen LogP contribution in [0.2, 0.25) is 0 Å². The summed E-state index contributed by atoms with van der Waals surface area (Å²) in [6.07, 6.45) is 0. The number of aromatic amines is 1. The highest BCUT2D eigenvalue weighted by Crippen LogP contribution is 2.13. The lowest BCUT2D eigenvalue weighted by molar-refractivity contribution is 0.578. The summed E-state index contributed by atoms with van der Waals surface area (Å²) in [4.78, 5) is 0.253. The number of sulfonamides is 1. The summed E-state index contributed by atoms with van der Waals surface area (Å²) in [5, 5.41) is 12.9. The van der Waals surface area contributed by atoms with Gasteiger partial charge in [-0.1, -0.05) is 23.4 Å². The Bertz CT molecular complexity index is 594. The topological polar surface area (TPSA) is 101 Å². The number of hydrogen-bond donors (Lipinski definition) is 2. The van der Waals surface area contributed by atoms with E-state index in [-0.39, 0.29) is 11.4 Å². The van der Waals surface area contributed by atoms with E-state index in [1.54, 1.807) is 31.2 Å². The molecule has 2 N–H and O–H groups in total. The standard InChI is InChI=1S/C9H11N5O2S/c1-7-4-2-3-5-8(7)17(15,16)10-6-9-11-13-14-12-9/h2-5,10H,6H2,1H3,(H,11,12,13,14). The lowest BCUT2D eigenvalue weighted by Gasteiger charge is -2.07. The van der Waals surface area contributed by atoms with Gasteiger partial charge in [0.1, 0.15) is 0 Å². The molecule has 8 heteroatoms. The number of benzene rings is 1. The molecule has 1 aromatic heterocycles. The van der Waals surface area contributed by atoms with Crippen molar-refractivity contribution >= 4 is 10.0 Å². The van der Waals surface area contributed by atoms with Crippen LogP contribution in [-0.4, -0.2) is 29.0 Å². The molecule has 0 bridgehead atoms. The van der Waals surface area contributed by atoms with Gasteiger partial charge in [0.25, 0.3) is 0 Å². The molecule has 90 valence electrons. The number of nitrogens with zero attached hydrogens (tertiary/aromatic N) is 3. The van der Waals surface area contributed by atoms with Gasteiger partial charge in [-0.15, -0.1) is 10.2 Å². The Kier molecular flexibility index (Phi) is 3.16. The summed E-state index contributed by atoms with van der Waals surface area (Å²) in [5.74, 6) is 0.294. The molecule has 7 nitrogen and oxygen atoms in total. The first-order valence-electron chi connectivity index (χ1n) is 4.87. The van der Waals surface area contributed by atoms with Gasteiger partial charge in [0.15, 0.2) is 5.82 Å². The maximum Gasteiger partial charge on any atom is 0.241 e. The molecule has 0 saturated heterocycles. The van der Waals surface area contributed by atoms with E-state index in [4.69, 9.17) is 0 Å². The molecule has 1 aromatic carbocycles. The second-order valence-corrected chi connectivity index (χ2v) is 5.15. The van der Waals surface area contributed by atoms with Gasteiger partial charge >= 0.3 is 0 Å². The van der Waals surface area contributed by atoms with Gasteiger partial charge in [-0.3, -0.25) is 0 Å². The first-order chi connectivity index (χ1) is 8.09. The average Bonchev–Trinajstić information content (AvgIpc) is 2.80. The molecule has 0 radical (unpaired) electrons. The van der Waals surface area contributed by atoms with E-state index in [2.05, 4.69) is 25.3 Å². The Morgan fingerprint density at radius 2 is 2.12 bits per heavy atom. The summed E-state index contributed by atoms with van der Waals surface area (Å²) in [6.45, 7) is 1.75. The molecule has 0 saturated carbocycles. The minimum Gasteiger partial charge on any atom is -0.207 e. The van der Waals surface area contributed by atoms with Crippen LogP contribution in [0.4, 0.5) is 0 Å². The molecule has 0 atom stereocenters. The van der Waals surface area contributed by atoms with Gasteiger partial charge in [-0.25, -0.2) is 13.1 Å². The van der Waals surface area contributed by atoms with Crippen molar-refractivity contribution in [2.24, 2.45) is 0 Å². The average molecular weight is 253 g/mol. The fourth-order valence-corrected chi connectivity index (χ4v) is 2.58. The molecular formula is C9H11N5O2S.